The third kappa shape index (κ3) is 4.59. The molecule has 27 heavy (non-hydrogen) atoms. The van der Waals surface area contributed by atoms with E-state index in [-0.39, 0.29) is 17.6 Å². The van der Waals surface area contributed by atoms with E-state index < -0.39 is 5.91 Å². The maximum Gasteiger partial charge on any atom is 0.293 e. The summed E-state index contributed by atoms with van der Waals surface area (Å²) in [5.41, 5.74) is 1.35. The van der Waals surface area contributed by atoms with Gasteiger partial charge in [-0.05, 0) is 53.2 Å². The maximum absolute atomic E-state index is 13.0. The number of hydrogen-bond acceptors (Lipinski definition) is 4. The summed E-state index contributed by atoms with van der Waals surface area (Å²) in [5, 5.41) is 0.0312. The Kier molecular flexibility index (Phi) is 5.98. The molecule has 2 amide bonds. The van der Waals surface area contributed by atoms with Gasteiger partial charge in [0.2, 0.25) is 0 Å². The Bertz CT molecular complexity index is 927. The van der Waals surface area contributed by atoms with Crippen LogP contribution in [0, 0.1) is 5.82 Å². The number of nitrogens with zero attached hydrogens (tertiary/aromatic N) is 1. The highest BCUT2D eigenvalue weighted by molar-refractivity contribution is 8.18. The van der Waals surface area contributed by atoms with Gasteiger partial charge in [0, 0.05) is 0 Å². The van der Waals surface area contributed by atoms with Crippen LogP contribution in [0.1, 0.15) is 11.1 Å². The fourth-order valence-electron chi connectivity index (χ4n) is 2.43. The lowest BCUT2D eigenvalue weighted by Gasteiger charge is -2.12. The van der Waals surface area contributed by atoms with Gasteiger partial charge in [-0.1, -0.05) is 42.5 Å². The molecule has 2 aromatic rings. The van der Waals surface area contributed by atoms with Crippen molar-refractivity contribution in [2.45, 2.75) is 6.54 Å². The first-order valence-corrected chi connectivity index (χ1v) is 9.20. The van der Waals surface area contributed by atoms with Crippen molar-refractivity contribution in [3.63, 3.8) is 0 Å². The van der Waals surface area contributed by atoms with E-state index in [9.17, 15) is 14.0 Å². The van der Waals surface area contributed by atoms with Gasteiger partial charge >= 0.3 is 0 Å². The standard InChI is InChI=1S/C20H15ClFNO3S/c1-2-9-26-17-8-5-14(10-16(17)21)11-18-19(24)23(20(25)27-18)12-13-3-6-15(22)7-4-13/h2-8,10-11H,1,9,12H2/b18-11+. The van der Waals surface area contributed by atoms with Crippen LogP contribution in [-0.4, -0.2) is 22.7 Å². The van der Waals surface area contributed by atoms with Crippen LogP contribution in [-0.2, 0) is 11.3 Å². The molecule has 0 unspecified atom stereocenters. The number of carbonyl (C=O) groups is 2. The normalized spacial score (nSPS) is 15.5. The van der Waals surface area contributed by atoms with E-state index in [1.54, 1.807) is 42.5 Å². The van der Waals surface area contributed by atoms with Gasteiger partial charge in [-0.2, -0.15) is 0 Å². The van der Waals surface area contributed by atoms with Crippen LogP contribution < -0.4 is 4.74 Å². The number of imide groups is 1. The first kappa shape index (κ1) is 19.2. The Hall–Kier alpha value is -2.57. The highest BCUT2D eigenvalue weighted by atomic mass is 35.5. The van der Waals surface area contributed by atoms with Crippen molar-refractivity contribution in [3.05, 3.63) is 82.0 Å². The molecule has 3 rings (SSSR count). The van der Waals surface area contributed by atoms with Crippen molar-refractivity contribution in [2.75, 3.05) is 6.61 Å². The van der Waals surface area contributed by atoms with E-state index in [2.05, 4.69) is 6.58 Å². The Morgan fingerprint density at radius 2 is 1.93 bits per heavy atom. The summed E-state index contributed by atoms with van der Waals surface area (Å²) in [6, 6.07) is 10.8. The summed E-state index contributed by atoms with van der Waals surface area (Å²) in [7, 11) is 0. The van der Waals surface area contributed by atoms with Gasteiger partial charge in [0.15, 0.2) is 0 Å². The molecule has 0 N–H and O–H groups in total. The van der Waals surface area contributed by atoms with E-state index in [4.69, 9.17) is 16.3 Å². The van der Waals surface area contributed by atoms with Gasteiger partial charge in [0.05, 0.1) is 16.5 Å². The van der Waals surface area contributed by atoms with Gasteiger partial charge < -0.3 is 4.74 Å². The minimum Gasteiger partial charge on any atom is -0.488 e. The topological polar surface area (TPSA) is 46.6 Å². The second-order valence-electron chi connectivity index (χ2n) is 5.68. The maximum atomic E-state index is 13.0. The fourth-order valence-corrected chi connectivity index (χ4v) is 3.51. The Balaban J connectivity index is 1.76. The molecule has 0 atom stereocenters. The summed E-state index contributed by atoms with van der Waals surface area (Å²) >= 11 is 7.04. The molecule has 0 aromatic heterocycles. The van der Waals surface area contributed by atoms with Crippen LogP contribution in [0.15, 0.2) is 60.0 Å². The molecule has 4 nitrogen and oxygen atoms in total. The van der Waals surface area contributed by atoms with E-state index in [1.807, 2.05) is 0 Å². The first-order chi connectivity index (χ1) is 13.0. The molecule has 1 heterocycles. The van der Waals surface area contributed by atoms with Crippen LogP contribution in [0.25, 0.3) is 6.08 Å². The molecule has 0 bridgehead atoms. The summed E-state index contributed by atoms with van der Waals surface area (Å²) in [4.78, 5) is 26.2. The number of halogens is 2. The van der Waals surface area contributed by atoms with Gasteiger partial charge in [0.1, 0.15) is 18.2 Å². The molecule has 1 aliphatic heterocycles. The van der Waals surface area contributed by atoms with Crippen LogP contribution in [0.2, 0.25) is 5.02 Å². The fraction of sp³-hybridized carbons (Fsp3) is 0.100. The number of thioether (sulfide) groups is 1. The van der Waals surface area contributed by atoms with E-state index >= 15 is 0 Å². The molecule has 0 spiro atoms. The quantitative estimate of drug-likeness (QED) is 0.486. The van der Waals surface area contributed by atoms with Gasteiger partial charge in [0.25, 0.3) is 11.1 Å². The highest BCUT2D eigenvalue weighted by Crippen LogP contribution is 2.34. The van der Waals surface area contributed by atoms with Crippen molar-refractivity contribution in [3.8, 4) is 5.75 Å². The molecule has 1 saturated heterocycles. The molecule has 2 aromatic carbocycles. The predicted molar refractivity (Wildman–Crippen MR) is 105 cm³/mol. The van der Waals surface area contributed by atoms with Gasteiger partial charge in [-0.15, -0.1) is 0 Å². The lowest BCUT2D eigenvalue weighted by atomic mass is 10.2. The van der Waals surface area contributed by atoms with E-state index in [0.717, 1.165) is 16.7 Å². The number of amides is 2. The van der Waals surface area contributed by atoms with Gasteiger partial charge in [-0.25, -0.2) is 4.39 Å². The molecule has 1 aliphatic rings. The minimum atomic E-state index is -0.391. The number of hydrogen-bond donors (Lipinski definition) is 0. The van der Waals surface area contributed by atoms with Crippen LogP contribution in [0.4, 0.5) is 9.18 Å². The number of benzene rings is 2. The molecular weight excluding hydrogens is 389 g/mol. The molecule has 0 aliphatic carbocycles. The Labute approximate surface area is 165 Å². The first-order valence-electron chi connectivity index (χ1n) is 8.01. The lowest BCUT2D eigenvalue weighted by molar-refractivity contribution is -0.123. The zero-order chi connectivity index (χ0) is 19.4. The number of ether oxygens (including phenoxy) is 1. The average Bonchev–Trinajstić information content (AvgIpc) is 2.90. The van der Waals surface area contributed by atoms with Crippen molar-refractivity contribution in [1.29, 1.82) is 0 Å². The smallest absolute Gasteiger partial charge is 0.293 e. The minimum absolute atomic E-state index is 0.0946. The van der Waals surface area contributed by atoms with Crippen LogP contribution in [0.5, 0.6) is 5.75 Å². The molecule has 7 heteroatoms. The second-order valence-corrected chi connectivity index (χ2v) is 7.08. The van der Waals surface area contributed by atoms with E-state index in [0.29, 0.717) is 33.4 Å². The van der Waals surface area contributed by atoms with Crippen LogP contribution in [0.3, 0.4) is 0 Å². The van der Waals surface area contributed by atoms with Crippen LogP contribution >= 0.6 is 23.4 Å². The SMILES string of the molecule is C=CCOc1ccc(/C=C2/SC(=O)N(Cc3ccc(F)cc3)C2=O)cc1Cl. The largest absolute Gasteiger partial charge is 0.488 e. The number of carbonyl (C=O) groups excluding carboxylic acids is 2. The molecule has 0 radical (unpaired) electrons. The lowest BCUT2D eigenvalue weighted by Crippen LogP contribution is -2.27. The van der Waals surface area contributed by atoms with Crippen molar-refractivity contribution >= 4 is 40.6 Å². The van der Waals surface area contributed by atoms with Crippen molar-refractivity contribution in [2.24, 2.45) is 0 Å². The zero-order valence-corrected chi connectivity index (χ0v) is 15.7. The monoisotopic (exact) mass is 403 g/mol. The third-order valence-electron chi connectivity index (χ3n) is 3.74. The summed E-state index contributed by atoms with van der Waals surface area (Å²) in [5.74, 6) is -0.249. The summed E-state index contributed by atoms with van der Waals surface area (Å²) < 4.78 is 18.4. The average molecular weight is 404 g/mol. The summed E-state index contributed by atoms with van der Waals surface area (Å²) in [6.07, 6.45) is 3.22. The zero-order valence-electron chi connectivity index (χ0n) is 14.2. The van der Waals surface area contributed by atoms with Crippen molar-refractivity contribution < 1.29 is 18.7 Å². The summed E-state index contributed by atoms with van der Waals surface area (Å²) in [6.45, 7) is 4.00. The molecule has 0 saturated carbocycles. The Morgan fingerprint density at radius 1 is 1.19 bits per heavy atom. The molecular formula is C20H15ClFNO3S. The number of rotatable bonds is 6. The highest BCUT2D eigenvalue weighted by Gasteiger charge is 2.34. The second kappa shape index (κ2) is 8.41. The van der Waals surface area contributed by atoms with Gasteiger partial charge in [-0.3, -0.25) is 14.5 Å². The van der Waals surface area contributed by atoms with E-state index in [1.165, 1.54) is 12.1 Å². The molecule has 138 valence electrons. The third-order valence-corrected chi connectivity index (χ3v) is 4.94. The Morgan fingerprint density at radius 3 is 2.59 bits per heavy atom. The van der Waals surface area contributed by atoms with Crippen molar-refractivity contribution in [1.82, 2.24) is 4.90 Å². The molecule has 1 fully saturated rings. The predicted octanol–water partition coefficient (Wildman–Crippen LogP) is 5.28.